The number of nitrogens with zero attached hydrogens (tertiary/aromatic N) is 1. The summed E-state index contributed by atoms with van der Waals surface area (Å²) in [7, 11) is 3.15. The molecule has 0 saturated heterocycles. The number of hydrogen-bond acceptors (Lipinski definition) is 4. The maximum atomic E-state index is 10.8. The van der Waals surface area contributed by atoms with Gasteiger partial charge in [0.25, 0.3) is 0 Å². The first-order valence-corrected chi connectivity index (χ1v) is 4.91. The van der Waals surface area contributed by atoms with Gasteiger partial charge in [0.15, 0.2) is 5.79 Å². The van der Waals surface area contributed by atoms with Crippen molar-refractivity contribution in [2.24, 2.45) is 11.8 Å². The SMILES string of the molecule is COC1(OC)C2CCCC1C2[N+](=O)[O-]. The fourth-order valence-corrected chi connectivity index (χ4v) is 3.20. The highest BCUT2D eigenvalue weighted by Gasteiger charge is 2.71. The van der Waals surface area contributed by atoms with Crippen LogP contribution >= 0.6 is 0 Å². The van der Waals surface area contributed by atoms with Crippen LogP contribution in [0.15, 0.2) is 0 Å². The molecule has 2 atom stereocenters. The molecule has 3 fully saturated rings. The van der Waals surface area contributed by atoms with Gasteiger partial charge in [-0.05, 0) is 12.8 Å². The van der Waals surface area contributed by atoms with Crippen molar-refractivity contribution in [2.75, 3.05) is 14.2 Å². The van der Waals surface area contributed by atoms with E-state index >= 15 is 0 Å². The normalized spacial score (nSPS) is 38.9. The predicted octanol–water partition coefficient (Wildman–Crippen LogP) is 1.05. The van der Waals surface area contributed by atoms with Gasteiger partial charge in [-0.3, -0.25) is 10.1 Å². The molecule has 14 heavy (non-hydrogen) atoms. The first-order valence-electron chi connectivity index (χ1n) is 4.91. The summed E-state index contributed by atoms with van der Waals surface area (Å²) < 4.78 is 10.7. The Hall–Kier alpha value is -0.680. The van der Waals surface area contributed by atoms with Crippen LogP contribution in [0, 0.1) is 22.0 Å². The Morgan fingerprint density at radius 3 is 2.14 bits per heavy atom. The molecule has 3 rings (SSSR count). The molecule has 0 amide bonds. The summed E-state index contributed by atoms with van der Waals surface area (Å²) in [5.41, 5.74) is 0. The van der Waals surface area contributed by atoms with Crippen molar-refractivity contribution < 1.29 is 14.4 Å². The third kappa shape index (κ3) is 0.966. The molecular formula is C9H15NO4. The van der Waals surface area contributed by atoms with Gasteiger partial charge in [0.05, 0.1) is 11.8 Å². The number of ether oxygens (including phenoxy) is 2. The highest BCUT2D eigenvalue weighted by Crippen LogP contribution is 2.56. The summed E-state index contributed by atoms with van der Waals surface area (Å²) in [5, 5.41) is 10.8. The Labute approximate surface area is 82.5 Å². The first-order chi connectivity index (χ1) is 6.67. The van der Waals surface area contributed by atoms with Gasteiger partial charge < -0.3 is 9.47 Å². The van der Waals surface area contributed by atoms with Crippen LogP contribution in [0.25, 0.3) is 0 Å². The molecule has 0 aromatic heterocycles. The minimum Gasteiger partial charge on any atom is -0.352 e. The molecule has 5 nitrogen and oxygen atoms in total. The zero-order chi connectivity index (χ0) is 10.3. The molecule has 3 aliphatic carbocycles. The molecule has 0 aliphatic heterocycles. The van der Waals surface area contributed by atoms with E-state index in [1.54, 1.807) is 14.2 Å². The van der Waals surface area contributed by atoms with E-state index in [0.717, 1.165) is 19.3 Å². The van der Waals surface area contributed by atoms with Crippen molar-refractivity contribution in [2.45, 2.75) is 31.1 Å². The summed E-state index contributed by atoms with van der Waals surface area (Å²) in [6.45, 7) is 0. The summed E-state index contributed by atoms with van der Waals surface area (Å²) in [6, 6.07) is -0.455. The van der Waals surface area contributed by atoms with Gasteiger partial charge in [-0.2, -0.15) is 0 Å². The second-order valence-corrected chi connectivity index (χ2v) is 4.05. The molecule has 0 N–H and O–H groups in total. The monoisotopic (exact) mass is 201 g/mol. The van der Waals surface area contributed by atoms with Gasteiger partial charge >= 0.3 is 0 Å². The van der Waals surface area contributed by atoms with Crippen LogP contribution in [0.4, 0.5) is 0 Å². The molecule has 0 aromatic rings. The Morgan fingerprint density at radius 1 is 1.29 bits per heavy atom. The van der Waals surface area contributed by atoms with Crippen molar-refractivity contribution in [3.8, 4) is 0 Å². The Bertz CT molecular complexity index is 237. The number of rotatable bonds is 3. The van der Waals surface area contributed by atoms with E-state index in [1.165, 1.54) is 0 Å². The molecular weight excluding hydrogens is 186 g/mol. The molecule has 2 unspecified atom stereocenters. The minimum absolute atomic E-state index is 0.0637. The van der Waals surface area contributed by atoms with Crippen molar-refractivity contribution in [3.05, 3.63) is 10.1 Å². The van der Waals surface area contributed by atoms with Crippen LogP contribution in [0.1, 0.15) is 19.3 Å². The van der Waals surface area contributed by atoms with Crippen LogP contribution in [0.2, 0.25) is 0 Å². The van der Waals surface area contributed by atoms with Crippen LogP contribution in [0.5, 0.6) is 0 Å². The van der Waals surface area contributed by atoms with Gasteiger partial charge in [0, 0.05) is 19.1 Å². The Balaban J connectivity index is 2.22. The lowest BCUT2D eigenvalue weighted by molar-refractivity contribution is -0.601. The Morgan fingerprint density at radius 2 is 1.79 bits per heavy atom. The predicted molar refractivity (Wildman–Crippen MR) is 48.4 cm³/mol. The second-order valence-electron chi connectivity index (χ2n) is 4.05. The Kier molecular flexibility index (Phi) is 2.23. The van der Waals surface area contributed by atoms with E-state index in [4.69, 9.17) is 9.47 Å². The zero-order valence-electron chi connectivity index (χ0n) is 8.43. The molecule has 3 saturated carbocycles. The van der Waals surface area contributed by atoms with Crippen molar-refractivity contribution in [3.63, 3.8) is 0 Å². The van der Waals surface area contributed by atoms with E-state index < -0.39 is 11.8 Å². The summed E-state index contributed by atoms with van der Waals surface area (Å²) in [5.74, 6) is -0.798. The van der Waals surface area contributed by atoms with E-state index in [0.29, 0.717) is 0 Å². The van der Waals surface area contributed by atoms with Crippen LogP contribution in [-0.4, -0.2) is 31.0 Å². The third-order valence-corrected chi connectivity index (χ3v) is 3.77. The van der Waals surface area contributed by atoms with E-state index in [-0.39, 0.29) is 16.8 Å². The van der Waals surface area contributed by atoms with Crippen LogP contribution in [0.3, 0.4) is 0 Å². The van der Waals surface area contributed by atoms with Gasteiger partial charge in [0.2, 0.25) is 6.04 Å². The first kappa shape index (κ1) is 9.86. The minimum atomic E-state index is -0.671. The highest BCUT2D eigenvalue weighted by atomic mass is 16.7. The molecule has 0 aromatic carbocycles. The topological polar surface area (TPSA) is 61.6 Å². The highest BCUT2D eigenvalue weighted by molar-refractivity contribution is 5.08. The molecule has 0 radical (unpaired) electrons. The number of methoxy groups -OCH3 is 2. The van der Waals surface area contributed by atoms with Crippen molar-refractivity contribution in [1.82, 2.24) is 0 Å². The summed E-state index contributed by atoms with van der Waals surface area (Å²) in [4.78, 5) is 10.6. The summed E-state index contributed by atoms with van der Waals surface area (Å²) in [6.07, 6.45) is 2.72. The lowest BCUT2D eigenvalue weighted by Crippen LogP contribution is -2.71. The standard InChI is InChI=1S/C9H15NO4/c1-13-9(14-2)6-4-3-5-7(9)8(6)10(11)12/h6-8H,3-5H2,1-2H3. The number of hydrogen-bond donors (Lipinski definition) is 0. The van der Waals surface area contributed by atoms with Crippen LogP contribution in [-0.2, 0) is 9.47 Å². The van der Waals surface area contributed by atoms with Gasteiger partial charge in [-0.25, -0.2) is 0 Å². The van der Waals surface area contributed by atoms with Crippen molar-refractivity contribution >= 4 is 0 Å². The lowest BCUT2D eigenvalue weighted by Gasteiger charge is -2.57. The number of nitro groups is 1. The maximum Gasteiger partial charge on any atom is 0.229 e. The molecule has 80 valence electrons. The third-order valence-electron chi connectivity index (χ3n) is 3.77. The van der Waals surface area contributed by atoms with E-state index in [2.05, 4.69) is 0 Å². The molecule has 0 heterocycles. The van der Waals surface area contributed by atoms with Crippen molar-refractivity contribution in [1.29, 1.82) is 0 Å². The molecule has 2 bridgehead atoms. The van der Waals surface area contributed by atoms with E-state index in [9.17, 15) is 10.1 Å². The van der Waals surface area contributed by atoms with Gasteiger partial charge in [-0.15, -0.1) is 0 Å². The largest absolute Gasteiger partial charge is 0.352 e. The average Bonchev–Trinajstić information content (AvgIpc) is 2.20. The van der Waals surface area contributed by atoms with Gasteiger partial charge in [0.1, 0.15) is 0 Å². The fraction of sp³-hybridized carbons (Fsp3) is 1.00. The smallest absolute Gasteiger partial charge is 0.229 e. The maximum absolute atomic E-state index is 10.8. The molecule has 3 aliphatic rings. The molecule has 0 spiro atoms. The molecule has 5 heteroatoms. The quantitative estimate of drug-likeness (QED) is 0.389. The fourth-order valence-electron chi connectivity index (χ4n) is 3.20. The van der Waals surface area contributed by atoms with Gasteiger partial charge in [-0.1, -0.05) is 6.42 Å². The lowest BCUT2D eigenvalue weighted by atomic mass is 9.56. The average molecular weight is 201 g/mol. The summed E-state index contributed by atoms with van der Waals surface area (Å²) >= 11 is 0. The van der Waals surface area contributed by atoms with Crippen LogP contribution < -0.4 is 0 Å². The second kappa shape index (κ2) is 3.17. The number of fused-ring (bicyclic) bond motifs is 2. The zero-order valence-corrected chi connectivity index (χ0v) is 8.43. The van der Waals surface area contributed by atoms with E-state index in [1.807, 2.05) is 0 Å².